The number of nitrogens with zero attached hydrogens (tertiary/aromatic N) is 2. The zero-order valence-corrected chi connectivity index (χ0v) is 15.7. The molecule has 1 amide bonds. The van der Waals surface area contributed by atoms with E-state index >= 15 is 0 Å². The molecule has 1 unspecified atom stereocenters. The molecule has 1 spiro atoms. The van der Waals surface area contributed by atoms with Crippen LogP contribution in [0, 0.1) is 0 Å². The van der Waals surface area contributed by atoms with Crippen LogP contribution < -0.4 is 0 Å². The first-order chi connectivity index (χ1) is 12.7. The summed E-state index contributed by atoms with van der Waals surface area (Å²) < 4.78 is 14.0. The lowest BCUT2D eigenvalue weighted by Crippen LogP contribution is -2.56. The first-order valence-electron chi connectivity index (χ1n) is 9.72. The van der Waals surface area contributed by atoms with Crippen molar-refractivity contribution in [3.63, 3.8) is 0 Å². The molecule has 0 radical (unpaired) electrons. The zero-order valence-electron chi connectivity index (χ0n) is 15.7. The maximum Gasteiger partial charge on any atom is 0.256 e. The second-order valence-corrected chi connectivity index (χ2v) is 7.42. The van der Waals surface area contributed by atoms with E-state index in [1.807, 2.05) is 29.3 Å². The van der Waals surface area contributed by atoms with Crippen LogP contribution >= 0.6 is 0 Å². The smallest absolute Gasteiger partial charge is 0.256 e. The number of para-hydroxylation sites is 1. The number of benzene rings is 1. The minimum absolute atomic E-state index is 0.132. The lowest BCUT2D eigenvalue weighted by Gasteiger charge is -2.48. The van der Waals surface area contributed by atoms with E-state index < -0.39 is 0 Å². The van der Waals surface area contributed by atoms with Gasteiger partial charge in [0.05, 0.1) is 17.3 Å². The van der Waals surface area contributed by atoms with Crippen molar-refractivity contribution >= 4 is 16.8 Å². The van der Waals surface area contributed by atoms with Crippen molar-refractivity contribution in [3.05, 3.63) is 36.0 Å². The number of likely N-dealkylation sites (tertiary alicyclic amines) is 1. The van der Waals surface area contributed by atoms with Gasteiger partial charge in [0.1, 0.15) is 0 Å². The van der Waals surface area contributed by atoms with Gasteiger partial charge in [-0.1, -0.05) is 18.2 Å². The highest BCUT2D eigenvalue weighted by molar-refractivity contribution is 6.07. The molecule has 2 fully saturated rings. The van der Waals surface area contributed by atoms with E-state index in [2.05, 4.69) is 17.6 Å². The Balaban J connectivity index is 1.54. The van der Waals surface area contributed by atoms with E-state index in [0.29, 0.717) is 0 Å². The molecule has 0 aliphatic carbocycles. The molecule has 5 heteroatoms. The molecular formula is C21H28N2O3. The van der Waals surface area contributed by atoms with Crippen LogP contribution in [0.25, 0.3) is 10.9 Å². The van der Waals surface area contributed by atoms with Crippen LogP contribution in [-0.4, -0.2) is 53.9 Å². The third-order valence-corrected chi connectivity index (χ3v) is 6.13. The number of aromatic nitrogens is 1. The molecule has 2 saturated heterocycles. The fourth-order valence-corrected chi connectivity index (χ4v) is 4.64. The van der Waals surface area contributed by atoms with Crippen LogP contribution in [-0.2, 0) is 16.0 Å². The molecule has 3 heterocycles. The van der Waals surface area contributed by atoms with Gasteiger partial charge in [0.25, 0.3) is 5.91 Å². The fourth-order valence-electron chi connectivity index (χ4n) is 4.64. The fraction of sp³-hybridized carbons (Fsp3) is 0.571. The van der Waals surface area contributed by atoms with Crippen molar-refractivity contribution in [3.8, 4) is 0 Å². The van der Waals surface area contributed by atoms with Crippen molar-refractivity contribution in [1.82, 2.24) is 9.47 Å². The minimum Gasteiger partial charge on any atom is -0.378 e. The van der Waals surface area contributed by atoms with Gasteiger partial charge >= 0.3 is 0 Å². The van der Waals surface area contributed by atoms with Crippen LogP contribution in [0.15, 0.2) is 30.5 Å². The van der Waals surface area contributed by atoms with Crippen molar-refractivity contribution in [2.45, 2.75) is 50.9 Å². The highest BCUT2D eigenvalue weighted by Crippen LogP contribution is 2.37. The normalized spacial score (nSPS) is 22.8. The van der Waals surface area contributed by atoms with Gasteiger partial charge in [-0.05, 0) is 38.7 Å². The van der Waals surface area contributed by atoms with Gasteiger partial charge < -0.3 is 18.9 Å². The Kier molecular flexibility index (Phi) is 4.76. The Morgan fingerprint density at radius 2 is 2.08 bits per heavy atom. The third-order valence-electron chi connectivity index (χ3n) is 6.13. The number of carbonyl (C=O) groups excluding carboxylic acids is 1. The summed E-state index contributed by atoms with van der Waals surface area (Å²) in [6.45, 7) is 5.23. The van der Waals surface area contributed by atoms with E-state index in [9.17, 15) is 4.79 Å². The van der Waals surface area contributed by atoms with Crippen LogP contribution in [0.5, 0.6) is 0 Å². The number of amides is 1. The second-order valence-electron chi connectivity index (χ2n) is 7.42. The Morgan fingerprint density at radius 1 is 1.31 bits per heavy atom. The van der Waals surface area contributed by atoms with Gasteiger partial charge in [0, 0.05) is 50.5 Å². The molecule has 4 rings (SSSR count). The number of methoxy groups -OCH3 is 1. The maximum atomic E-state index is 13.2. The molecule has 2 aromatic rings. The van der Waals surface area contributed by atoms with Crippen molar-refractivity contribution < 1.29 is 14.3 Å². The molecule has 2 aliphatic rings. The predicted octanol–water partition coefficient (Wildman–Crippen LogP) is 3.46. The number of ether oxygens (including phenoxy) is 2. The van der Waals surface area contributed by atoms with Crippen molar-refractivity contribution in [2.75, 3.05) is 26.8 Å². The van der Waals surface area contributed by atoms with E-state index in [1.165, 1.54) is 0 Å². The lowest BCUT2D eigenvalue weighted by molar-refractivity contribution is -0.183. The molecule has 0 saturated carbocycles. The number of carbonyl (C=O) groups is 1. The summed E-state index contributed by atoms with van der Waals surface area (Å²) in [6, 6.07) is 8.16. The quantitative estimate of drug-likeness (QED) is 0.846. The number of aryl methyl sites for hydroxylation is 1. The minimum atomic E-state index is -0.207. The number of piperidine rings is 1. The summed E-state index contributed by atoms with van der Waals surface area (Å²) in [5.74, 6) is 0.132. The average Bonchev–Trinajstić information content (AvgIpc) is 3.07. The first kappa shape index (κ1) is 17.6. The maximum absolute atomic E-state index is 13.2. The van der Waals surface area contributed by atoms with Crippen LogP contribution in [0.2, 0.25) is 0 Å². The summed E-state index contributed by atoms with van der Waals surface area (Å²) >= 11 is 0. The van der Waals surface area contributed by atoms with Gasteiger partial charge in [-0.15, -0.1) is 0 Å². The summed E-state index contributed by atoms with van der Waals surface area (Å²) in [6.07, 6.45) is 5.96. The monoisotopic (exact) mass is 356 g/mol. The first-order valence-corrected chi connectivity index (χ1v) is 9.72. The number of fused-ring (bicyclic) bond motifs is 1. The zero-order chi connectivity index (χ0) is 18.1. The van der Waals surface area contributed by atoms with Crippen molar-refractivity contribution in [2.24, 2.45) is 0 Å². The molecule has 1 atom stereocenters. The van der Waals surface area contributed by atoms with Gasteiger partial charge in [-0.2, -0.15) is 0 Å². The molecule has 0 bridgehead atoms. The van der Waals surface area contributed by atoms with Gasteiger partial charge in [-0.3, -0.25) is 4.79 Å². The molecular weight excluding hydrogens is 328 g/mol. The number of rotatable bonds is 3. The van der Waals surface area contributed by atoms with E-state index in [4.69, 9.17) is 9.47 Å². The standard InChI is InChI=1S/C21H28N2O3/c1-3-22-15-17(16-7-4-5-8-18(16)22)20(24)23-12-10-21(11-13-23)19(25-2)9-6-14-26-21/h4-5,7-8,15,19H,3,6,9-14H2,1-2H3. The third kappa shape index (κ3) is 2.83. The highest BCUT2D eigenvalue weighted by atomic mass is 16.5. The van der Waals surface area contributed by atoms with Crippen LogP contribution in [0.1, 0.15) is 43.0 Å². The van der Waals surface area contributed by atoms with E-state index in [1.54, 1.807) is 7.11 Å². The Hall–Kier alpha value is -1.85. The summed E-state index contributed by atoms with van der Waals surface area (Å²) in [4.78, 5) is 15.2. The topological polar surface area (TPSA) is 43.7 Å². The average molecular weight is 356 g/mol. The summed E-state index contributed by atoms with van der Waals surface area (Å²) in [5, 5.41) is 1.04. The van der Waals surface area contributed by atoms with Crippen LogP contribution in [0.4, 0.5) is 0 Å². The van der Waals surface area contributed by atoms with Gasteiger partial charge in [-0.25, -0.2) is 0 Å². The van der Waals surface area contributed by atoms with E-state index in [-0.39, 0.29) is 17.6 Å². The molecule has 26 heavy (non-hydrogen) atoms. The molecule has 2 aliphatic heterocycles. The Morgan fingerprint density at radius 3 is 2.81 bits per heavy atom. The molecule has 1 aromatic carbocycles. The van der Waals surface area contributed by atoms with Gasteiger partial charge in [0.2, 0.25) is 0 Å². The van der Waals surface area contributed by atoms with E-state index in [0.717, 1.165) is 68.4 Å². The Labute approximate surface area is 154 Å². The van der Waals surface area contributed by atoms with Crippen LogP contribution in [0.3, 0.4) is 0 Å². The Bertz CT molecular complexity index is 790. The summed E-state index contributed by atoms with van der Waals surface area (Å²) in [5.41, 5.74) is 1.73. The molecule has 0 N–H and O–H groups in total. The lowest BCUT2D eigenvalue weighted by atomic mass is 9.81. The second kappa shape index (κ2) is 7.05. The van der Waals surface area contributed by atoms with Crippen molar-refractivity contribution in [1.29, 1.82) is 0 Å². The highest BCUT2D eigenvalue weighted by Gasteiger charge is 2.45. The largest absolute Gasteiger partial charge is 0.378 e. The molecule has 5 nitrogen and oxygen atoms in total. The predicted molar refractivity (Wildman–Crippen MR) is 101 cm³/mol. The van der Waals surface area contributed by atoms with Gasteiger partial charge in [0.15, 0.2) is 0 Å². The number of hydrogen-bond donors (Lipinski definition) is 0. The number of hydrogen-bond acceptors (Lipinski definition) is 3. The summed E-state index contributed by atoms with van der Waals surface area (Å²) in [7, 11) is 1.78. The molecule has 140 valence electrons. The SMILES string of the molecule is CCn1cc(C(=O)N2CCC3(CC2)OCCCC3OC)c2ccccc21. The molecule has 1 aromatic heterocycles.